The minimum atomic E-state index is -0.455. The molecule has 1 aliphatic rings. The molecule has 2 atom stereocenters. The Kier molecular flexibility index (Phi) is 3.38. The van der Waals surface area contributed by atoms with Gasteiger partial charge in [0.25, 0.3) is 0 Å². The maximum atomic E-state index is 6.38. The average molecular weight is 219 g/mol. The first-order valence-corrected chi connectivity index (χ1v) is 5.75. The quantitative estimate of drug-likeness (QED) is 0.489. The summed E-state index contributed by atoms with van der Waals surface area (Å²) in [4.78, 5) is -0.455. The lowest BCUT2D eigenvalue weighted by molar-refractivity contribution is 0.680. The highest BCUT2D eigenvalue weighted by atomic mass is 35.5. The van der Waals surface area contributed by atoms with Gasteiger partial charge in [-0.15, -0.1) is 23.4 Å². The van der Waals surface area contributed by atoms with Crippen LogP contribution >= 0.6 is 35.6 Å². The maximum absolute atomic E-state index is 6.38. The number of hydrogen-bond donors (Lipinski definition) is 0. The molecule has 2 unspecified atom stereocenters. The normalized spacial score (nSPS) is 33.8. The zero-order valence-electron chi connectivity index (χ0n) is 7.08. The van der Waals surface area contributed by atoms with Gasteiger partial charge in [-0.05, 0) is 6.26 Å². The molecule has 0 aromatic rings. The molecule has 0 spiro atoms. The monoisotopic (exact) mass is 218 g/mol. The van der Waals surface area contributed by atoms with E-state index in [2.05, 4.69) is 13.0 Å². The van der Waals surface area contributed by atoms with Crippen LogP contribution in [0.2, 0.25) is 0 Å². The standard InChI is InChI=1S/C9H11ClS2/c1-7-5-3-4-6-9(7,10)8(11)12-2/h3-7H,1-2H3. The van der Waals surface area contributed by atoms with Gasteiger partial charge in [0.2, 0.25) is 0 Å². The fourth-order valence-electron chi connectivity index (χ4n) is 1.13. The van der Waals surface area contributed by atoms with Crippen molar-refractivity contribution in [3.63, 3.8) is 0 Å². The fourth-order valence-corrected chi connectivity index (χ4v) is 2.33. The van der Waals surface area contributed by atoms with Crippen molar-refractivity contribution in [3.05, 3.63) is 24.3 Å². The molecule has 0 aromatic heterocycles. The fraction of sp³-hybridized carbons (Fsp3) is 0.444. The second kappa shape index (κ2) is 3.95. The third-order valence-electron chi connectivity index (χ3n) is 2.01. The maximum Gasteiger partial charge on any atom is 0.110 e. The summed E-state index contributed by atoms with van der Waals surface area (Å²) in [5.74, 6) is 0.282. The Labute approximate surface area is 88.1 Å². The Bertz CT molecular complexity index is 245. The molecule has 0 aromatic carbocycles. The predicted molar refractivity (Wildman–Crippen MR) is 62.1 cm³/mol. The van der Waals surface area contributed by atoms with Gasteiger partial charge in [0.15, 0.2) is 0 Å². The van der Waals surface area contributed by atoms with Gasteiger partial charge >= 0.3 is 0 Å². The van der Waals surface area contributed by atoms with Crippen LogP contribution in [0.4, 0.5) is 0 Å². The van der Waals surface area contributed by atoms with E-state index in [1.165, 1.54) is 0 Å². The summed E-state index contributed by atoms with van der Waals surface area (Å²) in [6.45, 7) is 2.08. The number of halogens is 1. The summed E-state index contributed by atoms with van der Waals surface area (Å²) < 4.78 is 0.845. The largest absolute Gasteiger partial charge is 0.120 e. The minimum Gasteiger partial charge on any atom is -0.120 e. The Hall–Kier alpha value is 0.210. The SMILES string of the molecule is CSC(=S)C1(Cl)C=CC=CC1C. The number of thioether (sulfide) groups is 1. The first kappa shape index (κ1) is 10.3. The third-order valence-corrected chi connectivity index (χ3v) is 4.44. The highest BCUT2D eigenvalue weighted by Crippen LogP contribution is 2.35. The Morgan fingerprint density at radius 3 is 2.75 bits per heavy atom. The van der Waals surface area contributed by atoms with Crippen molar-refractivity contribution >= 4 is 39.8 Å². The molecule has 0 saturated carbocycles. The Balaban J connectivity index is 2.90. The second-order valence-corrected chi connectivity index (χ2v) is 4.90. The van der Waals surface area contributed by atoms with E-state index in [0.717, 1.165) is 4.20 Å². The first-order chi connectivity index (χ1) is 5.61. The number of alkyl halides is 1. The molecular weight excluding hydrogens is 208 g/mol. The van der Waals surface area contributed by atoms with Crippen LogP contribution in [0.3, 0.4) is 0 Å². The van der Waals surface area contributed by atoms with Gasteiger partial charge in [-0.3, -0.25) is 0 Å². The van der Waals surface area contributed by atoms with E-state index in [1.54, 1.807) is 11.8 Å². The van der Waals surface area contributed by atoms with Crippen molar-refractivity contribution in [1.82, 2.24) is 0 Å². The Morgan fingerprint density at radius 1 is 1.58 bits per heavy atom. The van der Waals surface area contributed by atoms with Crippen LogP contribution in [0.15, 0.2) is 24.3 Å². The van der Waals surface area contributed by atoms with Crippen LogP contribution in [0.25, 0.3) is 0 Å². The molecule has 0 amide bonds. The van der Waals surface area contributed by atoms with Gasteiger partial charge in [0, 0.05) is 5.92 Å². The molecule has 0 bridgehead atoms. The molecule has 0 fully saturated rings. The molecule has 0 saturated heterocycles. The van der Waals surface area contributed by atoms with Crippen molar-refractivity contribution in [2.24, 2.45) is 5.92 Å². The molecule has 1 rings (SSSR count). The van der Waals surface area contributed by atoms with Crippen molar-refractivity contribution in [3.8, 4) is 0 Å². The van der Waals surface area contributed by atoms with E-state index in [-0.39, 0.29) is 5.92 Å². The lowest BCUT2D eigenvalue weighted by Crippen LogP contribution is -2.34. The van der Waals surface area contributed by atoms with E-state index < -0.39 is 4.87 Å². The number of allylic oxidation sites excluding steroid dienone is 4. The average Bonchev–Trinajstić information content (AvgIpc) is 2.09. The summed E-state index contributed by atoms with van der Waals surface area (Å²) in [7, 11) is 0. The molecule has 0 N–H and O–H groups in total. The molecule has 1 aliphatic carbocycles. The third kappa shape index (κ3) is 1.76. The molecular formula is C9H11ClS2. The van der Waals surface area contributed by atoms with Crippen LogP contribution < -0.4 is 0 Å². The van der Waals surface area contributed by atoms with E-state index in [9.17, 15) is 0 Å². The topological polar surface area (TPSA) is 0 Å². The van der Waals surface area contributed by atoms with E-state index in [0.29, 0.717) is 0 Å². The highest BCUT2D eigenvalue weighted by Gasteiger charge is 2.35. The second-order valence-electron chi connectivity index (χ2n) is 2.79. The van der Waals surface area contributed by atoms with Gasteiger partial charge in [-0.25, -0.2) is 0 Å². The predicted octanol–water partition coefficient (Wildman–Crippen LogP) is 3.42. The highest BCUT2D eigenvalue weighted by molar-refractivity contribution is 8.23. The molecule has 3 heteroatoms. The van der Waals surface area contributed by atoms with E-state index in [4.69, 9.17) is 23.8 Å². The number of rotatable bonds is 1. The van der Waals surface area contributed by atoms with Crippen LogP contribution in [0.1, 0.15) is 6.92 Å². The summed E-state index contributed by atoms with van der Waals surface area (Å²) in [5.41, 5.74) is 0. The zero-order valence-corrected chi connectivity index (χ0v) is 9.47. The van der Waals surface area contributed by atoms with Gasteiger partial charge in [-0.2, -0.15) is 0 Å². The van der Waals surface area contributed by atoms with Crippen LogP contribution in [0.5, 0.6) is 0 Å². The van der Waals surface area contributed by atoms with Gasteiger partial charge in [0.05, 0.1) is 4.20 Å². The van der Waals surface area contributed by atoms with Crippen molar-refractivity contribution < 1.29 is 0 Å². The number of hydrogen-bond acceptors (Lipinski definition) is 2. The van der Waals surface area contributed by atoms with Crippen molar-refractivity contribution in [2.75, 3.05) is 6.26 Å². The Morgan fingerprint density at radius 2 is 2.25 bits per heavy atom. The van der Waals surface area contributed by atoms with E-state index >= 15 is 0 Å². The van der Waals surface area contributed by atoms with Crippen molar-refractivity contribution in [1.29, 1.82) is 0 Å². The molecule has 0 heterocycles. The zero-order chi connectivity index (χ0) is 9.19. The lowest BCUT2D eigenvalue weighted by atomic mass is 9.91. The van der Waals surface area contributed by atoms with Crippen LogP contribution in [0, 0.1) is 5.92 Å². The summed E-state index contributed by atoms with van der Waals surface area (Å²) >= 11 is 13.1. The van der Waals surface area contributed by atoms with Crippen LogP contribution in [-0.2, 0) is 0 Å². The molecule has 0 radical (unpaired) electrons. The molecule has 66 valence electrons. The first-order valence-electron chi connectivity index (χ1n) is 3.74. The summed E-state index contributed by atoms with van der Waals surface area (Å²) in [5, 5.41) is 0. The van der Waals surface area contributed by atoms with E-state index in [1.807, 2.05) is 24.5 Å². The van der Waals surface area contributed by atoms with Crippen LogP contribution in [-0.4, -0.2) is 15.3 Å². The molecule has 12 heavy (non-hydrogen) atoms. The summed E-state index contributed by atoms with van der Waals surface area (Å²) in [6.07, 6.45) is 9.97. The minimum absolute atomic E-state index is 0.282. The lowest BCUT2D eigenvalue weighted by Gasteiger charge is -2.30. The van der Waals surface area contributed by atoms with Gasteiger partial charge in [0.1, 0.15) is 4.87 Å². The van der Waals surface area contributed by atoms with Gasteiger partial charge in [-0.1, -0.05) is 43.4 Å². The number of thiocarbonyl (C=S) groups is 1. The molecule has 0 nitrogen and oxygen atoms in total. The van der Waals surface area contributed by atoms with Crippen molar-refractivity contribution in [2.45, 2.75) is 11.8 Å². The smallest absolute Gasteiger partial charge is 0.110 e. The molecule has 0 aliphatic heterocycles. The van der Waals surface area contributed by atoms with Gasteiger partial charge < -0.3 is 0 Å². The summed E-state index contributed by atoms with van der Waals surface area (Å²) in [6, 6.07) is 0.